The first-order valence-electron chi connectivity index (χ1n) is 9.23. The molecule has 0 saturated carbocycles. The largest absolute Gasteiger partial charge is 0.490 e. The summed E-state index contributed by atoms with van der Waals surface area (Å²) in [4.78, 5) is 38.3. The molecule has 0 atom stereocenters. The Morgan fingerprint density at radius 1 is 1.07 bits per heavy atom. The van der Waals surface area contributed by atoms with E-state index in [9.17, 15) is 14.4 Å². The number of nitrogens with zero attached hydrogens (tertiary/aromatic N) is 2. The van der Waals surface area contributed by atoms with Crippen molar-refractivity contribution in [2.45, 2.75) is 13.5 Å². The quantitative estimate of drug-likeness (QED) is 0.560. The van der Waals surface area contributed by atoms with E-state index in [-0.39, 0.29) is 18.7 Å². The average molecular weight is 405 g/mol. The van der Waals surface area contributed by atoms with E-state index >= 15 is 0 Å². The van der Waals surface area contributed by atoms with Crippen LogP contribution in [0.15, 0.2) is 54.1 Å². The van der Waals surface area contributed by atoms with Crippen LogP contribution >= 0.6 is 0 Å². The third kappa shape index (κ3) is 4.64. The molecule has 1 fully saturated rings. The summed E-state index contributed by atoms with van der Waals surface area (Å²) in [5.74, 6) is -0.698. The fourth-order valence-electron chi connectivity index (χ4n) is 2.88. The van der Waals surface area contributed by atoms with Crippen LogP contribution in [0.25, 0.3) is 6.08 Å². The highest BCUT2D eigenvalue weighted by Crippen LogP contribution is 2.30. The maximum Gasteiger partial charge on any atom is 0.331 e. The minimum atomic E-state index is -0.767. The van der Waals surface area contributed by atoms with Gasteiger partial charge in [-0.1, -0.05) is 36.4 Å². The topological polar surface area (TPSA) is 109 Å². The number of imide groups is 2. The van der Waals surface area contributed by atoms with Gasteiger partial charge in [-0.15, -0.1) is 0 Å². The smallest absolute Gasteiger partial charge is 0.331 e. The van der Waals surface area contributed by atoms with Crippen molar-refractivity contribution in [3.05, 3.63) is 65.2 Å². The second-order valence-electron chi connectivity index (χ2n) is 6.28. The standard InChI is InChI=1S/C22H19N3O5/c1-2-29-19-13-16(8-9-18(19)30-11-10-23)12-17-20(26)24-22(28)25(21(17)27)14-15-6-4-3-5-7-15/h3-9,12-13H,2,11,14H2,1H3,(H,24,26,28)/b17-12-. The van der Waals surface area contributed by atoms with Crippen molar-refractivity contribution < 1.29 is 23.9 Å². The third-order valence-electron chi connectivity index (χ3n) is 4.24. The maximum atomic E-state index is 12.9. The second kappa shape index (κ2) is 9.39. The molecule has 1 heterocycles. The number of urea groups is 1. The van der Waals surface area contributed by atoms with Crippen molar-refractivity contribution >= 4 is 23.9 Å². The Hall–Kier alpha value is -4.12. The summed E-state index contributed by atoms with van der Waals surface area (Å²) in [6.07, 6.45) is 1.39. The molecule has 0 aromatic heterocycles. The minimum absolute atomic E-state index is 0.0429. The Balaban J connectivity index is 1.90. The lowest BCUT2D eigenvalue weighted by molar-refractivity contribution is -0.130. The van der Waals surface area contributed by atoms with Gasteiger partial charge in [-0.3, -0.25) is 19.8 Å². The average Bonchev–Trinajstić information content (AvgIpc) is 2.74. The molecule has 0 unspecified atom stereocenters. The number of barbiturate groups is 1. The highest BCUT2D eigenvalue weighted by atomic mass is 16.5. The van der Waals surface area contributed by atoms with E-state index in [4.69, 9.17) is 14.7 Å². The molecule has 2 aromatic carbocycles. The first kappa shape index (κ1) is 20.6. The molecule has 1 aliphatic heterocycles. The maximum absolute atomic E-state index is 12.9. The second-order valence-corrected chi connectivity index (χ2v) is 6.28. The van der Waals surface area contributed by atoms with Crippen LogP contribution in [0.1, 0.15) is 18.1 Å². The van der Waals surface area contributed by atoms with Crippen LogP contribution in [0.2, 0.25) is 0 Å². The van der Waals surface area contributed by atoms with Crippen molar-refractivity contribution in [2.24, 2.45) is 0 Å². The zero-order chi connectivity index (χ0) is 21.5. The molecule has 1 aliphatic rings. The van der Waals surface area contributed by atoms with Crippen LogP contribution in [0.3, 0.4) is 0 Å². The van der Waals surface area contributed by atoms with E-state index < -0.39 is 17.8 Å². The molecule has 8 nitrogen and oxygen atoms in total. The molecular weight excluding hydrogens is 386 g/mol. The number of nitriles is 1. The minimum Gasteiger partial charge on any atom is -0.490 e. The first-order valence-corrected chi connectivity index (χ1v) is 9.23. The molecule has 8 heteroatoms. The van der Waals surface area contributed by atoms with E-state index in [0.29, 0.717) is 23.7 Å². The highest BCUT2D eigenvalue weighted by molar-refractivity contribution is 6.30. The van der Waals surface area contributed by atoms with Gasteiger partial charge in [0.1, 0.15) is 11.6 Å². The number of hydrogen-bond acceptors (Lipinski definition) is 6. The van der Waals surface area contributed by atoms with Crippen LogP contribution in [0, 0.1) is 11.3 Å². The van der Waals surface area contributed by atoms with Gasteiger partial charge in [0.15, 0.2) is 18.1 Å². The number of amides is 4. The zero-order valence-corrected chi connectivity index (χ0v) is 16.3. The number of carbonyl (C=O) groups is 3. The van der Waals surface area contributed by atoms with E-state index in [1.807, 2.05) is 12.1 Å². The Bertz CT molecular complexity index is 1040. The molecule has 0 bridgehead atoms. The fourth-order valence-corrected chi connectivity index (χ4v) is 2.88. The van der Waals surface area contributed by atoms with Gasteiger partial charge in [-0.25, -0.2) is 4.79 Å². The number of carbonyl (C=O) groups excluding carboxylic acids is 3. The Morgan fingerprint density at radius 3 is 2.53 bits per heavy atom. The molecule has 152 valence electrons. The van der Waals surface area contributed by atoms with Gasteiger partial charge < -0.3 is 9.47 Å². The molecule has 30 heavy (non-hydrogen) atoms. The Morgan fingerprint density at radius 2 is 1.83 bits per heavy atom. The van der Waals surface area contributed by atoms with Crippen LogP contribution in [0.5, 0.6) is 11.5 Å². The Labute approximate surface area is 173 Å². The summed E-state index contributed by atoms with van der Waals surface area (Å²) in [5, 5.41) is 10.9. The van der Waals surface area contributed by atoms with Gasteiger partial charge in [0.05, 0.1) is 13.2 Å². The van der Waals surface area contributed by atoms with Crippen molar-refractivity contribution in [2.75, 3.05) is 13.2 Å². The molecular formula is C22H19N3O5. The monoisotopic (exact) mass is 405 g/mol. The van der Waals surface area contributed by atoms with E-state index in [1.165, 1.54) is 6.08 Å². The summed E-state index contributed by atoms with van der Waals surface area (Å²) in [6, 6.07) is 14.9. The summed E-state index contributed by atoms with van der Waals surface area (Å²) in [5.41, 5.74) is 1.10. The third-order valence-corrected chi connectivity index (χ3v) is 4.24. The fraction of sp³-hybridized carbons (Fsp3) is 0.182. The van der Waals surface area contributed by atoms with Crippen LogP contribution in [-0.4, -0.2) is 36.0 Å². The summed E-state index contributed by atoms with van der Waals surface area (Å²) in [7, 11) is 0. The van der Waals surface area contributed by atoms with Gasteiger partial charge in [0, 0.05) is 0 Å². The lowest BCUT2D eigenvalue weighted by Gasteiger charge is -2.26. The predicted molar refractivity (Wildman–Crippen MR) is 107 cm³/mol. The van der Waals surface area contributed by atoms with Crippen molar-refractivity contribution in [3.63, 3.8) is 0 Å². The first-order chi connectivity index (χ1) is 14.5. The van der Waals surface area contributed by atoms with Crippen molar-refractivity contribution in [1.82, 2.24) is 10.2 Å². The van der Waals surface area contributed by atoms with Gasteiger partial charge in [-0.05, 0) is 36.3 Å². The number of nitrogens with one attached hydrogen (secondary N) is 1. The number of rotatable bonds is 7. The summed E-state index contributed by atoms with van der Waals surface area (Å²) >= 11 is 0. The van der Waals surface area contributed by atoms with Gasteiger partial charge >= 0.3 is 6.03 Å². The molecule has 3 rings (SSSR count). The molecule has 1 N–H and O–H groups in total. The van der Waals surface area contributed by atoms with Crippen molar-refractivity contribution in [1.29, 1.82) is 5.26 Å². The Kier molecular flexibility index (Phi) is 6.45. The van der Waals surface area contributed by atoms with Gasteiger partial charge in [0.25, 0.3) is 11.8 Å². The van der Waals surface area contributed by atoms with E-state index in [2.05, 4.69) is 5.32 Å². The SMILES string of the molecule is CCOc1cc(/C=C2/C(=O)NC(=O)N(Cc3ccccc3)C2=O)ccc1OCC#N. The van der Waals surface area contributed by atoms with E-state index in [0.717, 1.165) is 10.5 Å². The molecule has 0 aliphatic carbocycles. The summed E-state index contributed by atoms with van der Waals surface area (Å²) in [6.45, 7) is 2.06. The number of hydrogen-bond donors (Lipinski definition) is 1. The lowest BCUT2D eigenvalue weighted by atomic mass is 10.1. The number of ether oxygens (including phenoxy) is 2. The molecule has 2 aromatic rings. The lowest BCUT2D eigenvalue weighted by Crippen LogP contribution is -2.53. The predicted octanol–water partition coefficient (Wildman–Crippen LogP) is 2.65. The van der Waals surface area contributed by atoms with Gasteiger partial charge in [0.2, 0.25) is 0 Å². The van der Waals surface area contributed by atoms with E-state index in [1.54, 1.807) is 49.4 Å². The molecule has 1 saturated heterocycles. The van der Waals surface area contributed by atoms with Gasteiger partial charge in [-0.2, -0.15) is 5.26 Å². The van der Waals surface area contributed by atoms with Crippen LogP contribution in [-0.2, 0) is 16.1 Å². The zero-order valence-electron chi connectivity index (χ0n) is 16.3. The molecule has 0 radical (unpaired) electrons. The van der Waals surface area contributed by atoms with Crippen LogP contribution < -0.4 is 14.8 Å². The highest BCUT2D eigenvalue weighted by Gasteiger charge is 2.35. The van der Waals surface area contributed by atoms with Crippen LogP contribution in [0.4, 0.5) is 4.79 Å². The number of benzene rings is 2. The molecule has 4 amide bonds. The molecule has 0 spiro atoms. The van der Waals surface area contributed by atoms with Crippen molar-refractivity contribution in [3.8, 4) is 17.6 Å². The summed E-state index contributed by atoms with van der Waals surface area (Å²) < 4.78 is 10.8. The normalized spacial score (nSPS) is 15.0.